The van der Waals surface area contributed by atoms with Crippen molar-refractivity contribution in [3.63, 3.8) is 0 Å². The quantitative estimate of drug-likeness (QED) is 0.249. The molecular formula is C21H29IN4O4. The molecule has 1 aromatic carbocycles. The van der Waals surface area contributed by atoms with Crippen LogP contribution in [0.5, 0.6) is 11.5 Å². The van der Waals surface area contributed by atoms with E-state index in [1.807, 2.05) is 37.1 Å². The molecule has 1 aliphatic heterocycles. The Hall–Kier alpha value is -2.43. The van der Waals surface area contributed by atoms with Gasteiger partial charge in [0.05, 0.1) is 6.26 Å². The lowest BCUT2D eigenvalue weighted by atomic mass is 10.2. The number of hydrogen-bond acceptors (Lipinski definition) is 5. The van der Waals surface area contributed by atoms with E-state index in [4.69, 9.17) is 13.9 Å². The van der Waals surface area contributed by atoms with E-state index in [0.29, 0.717) is 38.6 Å². The number of aliphatic imine (C=N–C) groups is 1. The number of amides is 1. The molecule has 0 radical (unpaired) electrons. The summed E-state index contributed by atoms with van der Waals surface area (Å²) < 4.78 is 16.4. The molecule has 1 amide bonds. The topological polar surface area (TPSA) is 88.3 Å². The van der Waals surface area contributed by atoms with Crippen molar-refractivity contribution in [3.8, 4) is 11.5 Å². The largest absolute Gasteiger partial charge is 0.486 e. The fourth-order valence-corrected chi connectivity index (χ4v) is 3.10. The summed E-state index contributed by atoms with van der Waals surface area (Å²) in [5, 5.41) is 6.18. The monoisotopic (exact) mass is 528 g/mol. The van der Waals surface area contributed by atoms with E-state index < -0.39 is 0 Å². The molecule has 30 heavy (non-hydrogen) atoms. The van der Waals surface area contributed by atoms with Crippen molar-refractivity contribution >= 4 is 35.8 Å². The predicted molar refractivity (Wildman–Crippen MR) is 126 cm³/mol. The number of carbonyl (C=O) groups excluding carboxylic acids is 1. The van der Waals surface area contributed by atoms with Crippen LogP contribution >= 0.6 is 24.0 Å². The highest BCUT2D eigenvalue weighted by Gasteiger charge is 2.14. The molecule has 164 valence electrons. The van der Waals surface area contributed by atoms with Crippen molar-refractivity contribution in [2.75, 3.05) is 40.4 Å². The molecule has 2 aromatic rings. The van der Waals surface area contributed by atoms with Crippen LogP contribution in [0.15, 0.2) is 39.9 Å². The number of furan rings is 1. The van der Waals surface area contributed by atoms with Crippen LogP contribution in [0.25, 0.3) is 0 Å². The van der Waals surface area contributed by atoms with Gasteiger partial charge in [-0.2, -0.15) is 0 Å². The van der Waals surface area contributed by atoms with Crippen molar-refractivity contribution in [2.24, 2.45) is 4.99 Å². The van der Waals surface area contributed by atoms with Gasteiger partial charge in [0.1, 0.15) is 13.2 Å². The first kappa shape index (κ1) is 23.8. The average molecular weight is 528 g/mol. The molecule has 0 bridgehead atoms. The number of hydrogen-bond donors (Lipinski definition) is 2. The van der Waals surface area contributed by atoms with Crippen LogP contribution in [0, 0.1) is 6.92 Å². The third-order valence-electron chi connectivity index (χ3n) is 4.59. The molecule has 0 atom stereocenters. The van der Waals surface area contributed by atoms with Crippen molar-refractivity contribution in [3.05, 3.63) is 47.4 Å². The van der Waals surface area contributed by atoms with Gasteiger partial charge in [-0.3, -0.25) is 9.79 Å². The Morgan fingerprint density at radius 2 is 1.87 bits per heavy atom. The highest BCUT2D eigenvalue weighted by molar-refractivity contribution is 14.0. The van der Waals surface area contributed by atoms with Crippen LogP contribution < -0.4 is 20.1 Å². The standard InChI is InChI=1S/C21H28N4O4.HI/c1-15-7-10-29-19(15)20(26)23-8-4-9-24-21(22-2)25(3)14-16-5-6-17-18(13-16)28-12-11-27-17;/h5-7,10,13H,4,8-9,11-12,14H2,1-3H3,(H,22,24)(H,23,26);1H. The van der Waals surface area contributed by atoms with Gasteiger partial charge < -0.3 is 29.4 Å². The summed E-state index contributed by atoms with van der Waals surface area (Å²) in [5.74, 6) is 2.54. The van der Waals surface area contributed by atoms with E-state index >= 15 is 0 Å². The van der Waals surface area contributed by atoms with Gasteiger partial charge in [-0.1, -0.05) is 6.07 Å². The van der Waals surface area contributed by atoms with Gasteiger partial charge in [0.25, 0.3) is 5.91 Å². The van der Waals surface area contributed by atoms with Gasteiger partial charge in [-0.05, 0) is 37.1 Å². The Morgan fingerprint density at radius 1 is 1.13 bits per heavy atom. The number of guanidine groups is 1. The highest BCUT2D eigenvalue weighted by atomic mass is 127. The summed E-state index contributed by atoms with van der Waals surface area (Å²) in [6.45, 7) is 4.94. The number of fused-ring (bicyclic) bond motifs is 1. The van der Waals surface area contributed by atoms with Gasteiger partial charge in [-0.15, -0.1) is 24.0 Å². The molecule has 0 spiro atoms. The lowest BCUT2D eigenvalue weighted by Gasteiger charge is -2.24. The maximum atomic E-state index is 12.0. The van der Waals surface area contributed by atoms with E-state index in [1.165, 1.54) is 6.26 Å². The zero-order chi connectivity index (χ0) is 20.6. The van der Waals surface area contributed by atoms with E-state index in [1.54, 1.807) is 13.1 Å². The molecule has 0 unspecified atom stereocenters. The first-order valence-corrected chi connectivity index (χ1v) is 9.71. The Balaban J connectivity index is 0.00000320. The van der Waals surface area contributed by atoms with Gasteiger partial charge in [0.2, 0.25) is 0 Å². The molecule has 8 nitrogen and oxygen atoms in total. The lowest BCUT2D eigenvalue weighted by Crippen LogP contribution is -2.39. The Labute approximate surface area is 194 Å². The van der Waals surface area contributed by atoms with E-state index in [-0.39, 0.29) is 29.9 Å². The van der Waals surface area contributed by atoms with Crippen molar-refractivity contribution in [1.29, 1.82) is 0 Å². The summed E-state index contributed by atoms with van der Waals surface area (Å²) in [6.07, 6.45) is 2.29. The summed E-state index contributed by atoms with van der Waals surface area (Å²) in [4.78, 5) is 18.4. The zero-order valence-corrected chi connectivity index (χ0v) is 19.9. The second kappa shape index (κ2) is 11.7. The molecule has 1 aromatic heterocycles. The molecule has 0 saturated carbocycles. The Morgan fingerprint density at radius 3 is 2.57 bits per heavy atom. The summed E-state index contributed by atoms with van der Waals surface area (Å²) in [6, 6.07) is 7.75. The first-order chi connectivity index (χ1) is 14.1. The molecule has 1 aliphatic rings. The van der Waals surface area contributed by atoms with Crippen LogP contribution in [-0.2, 0) is 6.54 Å². The minimum atomic E-state index is -0.187. The van der Waals surface area contributed by atoms with Crippen LogP contribution in [-0.4, -0.2) is 57.2 Å². The normalized spacial score (nSPS) is 12.7. The number of rotatable bonds is 7. The SMILES string of the molecule is CN=C(NCCCNC(=O)c1occc1C)N(C)Cc1ccc2c(c1)OCCO2.I. The second-order valence-electron chi connectivity index (χ2n) is 6.85. The average Bonchev–Trinajstić information content (AvgIpc) is 3.16. The second-order valence-corrected chi connectivity index (χ2v) is 6.85. The maximum Gasteiger partial charge on any atom is 0.287 e. The number of carbonyl (C=O) groups is 1. The molecule has 2 heterocycles. The van der Waals surface area contributed by atoms with Crippen molar-refractivity contribution in [1.82, 2.24) is 15.5 Å². The highest BCUT2D eigenvalue weighted by Crippen LogP contribution is 2.31. The van der Waals surface area contributed by atoms with E-state index in [9.17, 15) is 4.79 Å². The molecule has 0 saturated heterocycles. The van der Waals surface area contributed by atoms with E-state index in [2.05, 4.69) is 15.6 Å². The van der Waals surface area contributed by atoms with Gasteiger partial charge in [-0.25, -0.2) is 0 Å². The smallest absolute Gasteiger partial charge is 0.287 e. The Bertz CT molecular complexity index is 868. The number of halogens is 1. The van der Waals surface area contributed by atoms with Gasteiger partial charge in [0.15, 0.2) is 23.2 Å². The molecule has 0 fully saturated rings. The van der Waals surface area contributed by atoms with Crippen LogP contribution in [0.1, 0.15) is 28.1 Å². The number of nitrogens with zero attached hydrogens (tertiary/aromatic N) is 2. The fraction of sp³-hybridized carbons (Fsp3) is 0.429. The number of ether oxygens (including phenoxy) is 2. The summed E-state index contributed by atoms with van der Waals surface area (Å²) in [7, 11) is 3.73. The minimum absolute atomic E-state index is 0. The third-order valence-corrected chi connectivity index (χ3v) is 4.59. The molecule has 2 N–H and O–H groups in total. The first-order valence-electron chi connectivity index (χ1n) is 9.71. The van der Waals surface area contributed by atoms with Gasteiger partial charge in [0, 0.05) is 39.3 Å². The lowest BCUT2D eigenvalue weighted by molar-refractivity contribution is 0.0925. The predicted octanol–water partition coefficient (Wildman–Crippen LogP) is 2.80. The zero-order valence-electron chi connectivity index (χ0n) is 17.6. The summed E-state index contributed by atoms with van der Waals surface area (Å²) in [5.41, 5.74) is 1.95. The maximum absolute atomic E-state index is 12.0. The minimum Gasteiger partial charge on any atom is -0.486 e. The molecule has 3 rings (SSSR count). The fourth-order valence-electron chi connectivity index (χ4n) is 3.10. The van der Waals surface area contributed by atoms with E-state index in [0.717, 1.165) is 35.0 Å². The number of aryl methyl sites for hydroxylation is 1. The molecular weight excluding hydrogens is 499 g/mol. The third kappa shape index (κ3) is 6.28. The Kier molecular flexibility index (Phi) is 9.28. The summed E-state index contributed by atoms with van der Waals surface area (Å²) >= 11 is 0. The number of nitrogens with one attached hydrogen (secondary N) is 2. The number of benzene rings is 1. The van der Waals surface area contributed by atoms with Gasteiger partial charge >= 0.3 is 0 Å². The van der Waals surface area contributed by atoms with Crippen LogP contribution in [0.2, 0.25) is 0 Å². The molecule has 0 aliphatic carbocycles. The van der Waals surface area contributed by atoms with Crippen molar-refractivity contribution in [2.45, 2.75) is 19.9 Å². The molecule has 9 heteroatoms. The van der Waals surface area contributed by atoms with Crippen LogP contribution in [0.4, 0.5) is 0 Å². The van der Waals surface area contributed by atoms with Crippen LogP contribution in [0.3, 0.4) is 0 Å². The van der Waals surface area contributed by atoms with Crippen molar-refractivity contribution < 1.29 is 18.7 Å².